The lowest BCUT2D eigenvalue weighted by Gasteiger charge is -2.11. The highest BCUT2D eigenvalue weighted by molar-refractivity contribution is 5.92. The van der Waals surface area contributed by atoms with Crippen LogP contribution in [0.1, 0.15) is 29.2 Å². The quantitative estimate of drug-likeness (QED) is 0.683. The zero-order chi connectivity index (χ0) is 13.7. The van der Waals surface area contributed by atoms with Crippen LogP contribution in [0.5, 0.6) is 0 Å². The van der Waals surface area contributed by atoms with Crippen LogP contribution in [0, 0.1) is 11.6 Å². The summed E-state index contributed by atoms with van der Waals surface area (Å²) >= 11 is 0. The van der Waals surface area contributed by atoms with Crippen molar-refractivity contribution in [2.75, 3.05) is 0 Å². The van der Waals surface area contributed by atoms with E-state index in [0.717, 1.165) is 25.0 Å². The summed E-state index contributed by atoms with van der Waals surface area (Å²) in [6.07, 6.45) is 2.87. The predicted molar refractivity (Wildman–Crippen MR) is 74.1 cm³/mol. The fraction of sp³-hybridized carbons (Fsp3) is 0.231. The van der Waals surface area contributed by atoms with Crippen LogP contribution in [0.3, 0.4) is 0 Å². The van der Waals surface area contributed by atoms with Crippen molar-refractivity contribution < 1.29 is 28.1 Å². The Morgan fingerprint density at radius 2 is 1.73 bits per heavy atom. The molecular formula is C13H11BF4NO3. The van der Waals surface area contributed by atoms with Gasteiger partial charge in [0, 0.05) is 32.1 Å². The van der Waals surface area contributed by atoms with E-state index in [1.165, 1.54) is 6.20 Å². The summed E-state index contributed by atoms with van der Waals surface area (Å²) in [6.45, 7) is 0. The third-order valence-corrected chi connectivity index (χ3v) is 3.24. The van der Waals surface area contributed by atoms with Gasteiger partial charge >= 0.3 is 5.97 Å². The van der Waals surface area contributed by atoms with Gasteiger partial charge in [-0.1, -0.05) is 0 Å². The molecule has 0 amide bonds. The molecule has 117 valence electrons. The largest absolute Gasteiger partial charge is 0.477 e. The van der Waals surface area contributed by atoms with Crippen molar-refractivity contribution in [1.29, 1.82) is 0 Å². The Kier molecular flexibility index (Phi) is 5.93. The predicted octanol–water partition coefficient (Wildman–Crippen LogP) is 2.24. The van der Waals surface area contributed by atoms with Gasteiger partial charge in [0.05, 0.1) is 5.52 Å². The molecule has 1 N–H and O–H groups in total. The standard InChI is InChI=1S/C13H9F2NO3.B.2FH/c14-9-3-7-11(4-10(9)15)16(6-1-2-6)5-8(12(7)17)13(18)19;;;/h3-6H,1-2H2,(H,18,19);;2*1H. The van der Waals surface area contributed by atoms with Gasteiger partial charge in [-0.25, -0.2) is 13.6 Å². The summed E-state index contributed by atoms with van der Waals surface area (Å²) in [5.74, 6) is -3.58. The molecule has 1 aromatic heterocycles. The number of nitrogens with zero attached hydrogens (tertiary/aromatic N) is 1. The maximum atomic E-state index is 13.3. The molecule has 1 aromatic carbocycles. The van der Waals surface area contributed by atoms with Gasteiger partial charge in [0.15, 0.2) is 11.6 Å². The van der Waals surface area contributed by atoms with Crippen LogP contribution in [-0.2, 0) is 0 Å². The molecule has 1 aliphatic rings. The van der Waals surface area contributed by atoms with E-state index in [1.807, 2.05) is 0 Å². The summed E-state index contributed by atoms with van der Waals surface area (Å²) in [5.41, 5.74) is -0.986. The van der Waals surface area contributed by atoms with Crippen LogP contribution in [-0.4, -0.2) is 24.1 Å². The molecule has 2 aromatic rings. The van der Waals surface area contributed by atoms with Crippen molar-refractivity contribution in [3.8, 4) is 0 Å². The first-order chi connectivity index (χ1) is 8.99. The number of hydrogen-bond donors (Lipinski definition) is 1. The maximum Gasteiger partial charge on any atom is 0.341 e. The average molecular weight is 316 g/mol. The molecule has 0 saturated heterocycles. The highest BCUT2D eigenvalue weighted by Crippen LogP contribution is 2.37. The minimum atomic E-state index is -1.37. The van der Waals surface area contributed by atoms with Gasteiger partial charge in [0.25, 0.3) is 0 Å². The molecule has 0 bridgehead atoms. The van der Waals surface area contributed by atoms with Gasteiger partial charge in [-0.3, -0.25) is 14.2 Å². The molecule has 1 fully saturated rings. The molecule has 1 saturated carbocycles. The van der Waals surface area contributed by atoms with Crippen molar-refractivity contribution in [2.45, 2.75) is 18.9 Å². The Balaban J connectivity index is 0.00000147. The summed E-state index contributed by atoms with van der Waals surface area (Å²) < 4.78 is 28.1. The van der Waals surface area contributed by atoms with Crippen LogP contribution >= 0.6 is 0 Å². The third kappa shape index (κ3) is 2.97. The number of pyridine rings is 1. The lowest BCUT2D eigenvalue weighted by atomic mass is 10.1. The van der Waals surface area contributed by atoms with Crippen LogP contribution in [0.2, 0.25) is 0 Å². The van der Waals surface area contributed by atoms with Crippen LogP contribution in [0.25, 0.3) is 10.9 Å². The molecule has 0 aliphatic heterocycles. The second-order valence-corrected chi connectivity index (χ2v) is 4.60. The number of aromatic carboxylic acids is 1. The van der Waals surface area contributed by atoms with Crippen molar-refractivity contribution in [1.82, 2.24) is 4.57 Å². The minimum absolute atomic E-state index is 0. The van der Waals surface area contributed by atoms with Crippen molar-refractivity contribution in [3.63, 3.8) is 0 Å². The Bertz CT molecular complexity index is 774. The van der Waals surface area contributed by atoms with Crippen molar-refractivity contribution in [2.24, 2.45) is 0 Å². The van der Waals surface area contributed by atoms with Crippen LogP contribution in [0.4, 0.5) is 18.2 Å². The number of carboxylic acid groups (broad SMARTS) is 1. The summed E-state index contributed by atoms with van der Waals surface area (Å²) in [6, 6.07) is 1.75. The molecular weight excluding hydrogens is 305 g/mol. The number of carbonyl (C=O) groups is 1. The topological polar surface area (TPSA) is 59.3 Å². The zero-order valence-corrected chi connectivity index (χ0v) is 11.1. The van der Waals surface area contributed by atoms with Crippen molar-refractivity contribution in [3.05, 3.63) is 45.8 Å². The number of aromatic nitrogens is 1. The minimum Gasteiger partial charge on any atom is -0.477 e. The molecule has 4 nitrogen and oxygen atoms in total. The fourth-order valence-corrected chi connectivity index (χ4v) is 2.15. The number of carboxylic acids is 1. The van der Waals surface area contributed by atoms with Gasteiger partial charge < -0.3 is 9.67 Å². The molecule has 9 heteroatoms. The van der Waals surface area contributed by atoms with E-state index < -0.39 is 28.6 Å². The van der Waals surface area contributed by atoms with E-state index >= 15 is 0 Å². The van der Waals surface area contributed by atoms with Gasteiger partial charge in [-0.15, -0.1) is 0 Å². The average Bonchev–Trinajstić information content (AvgIpc) is 3.16. The van der Waals surface area contributed by atoms with E-state index in [4.69, 9.17) is 5.11 Å². The number of rotatable bonds is 2. The smallest absolute Gasteiger partial charge is 0.341 e. The number of halogens is 4. The molecule has 3 rings (SSSR count). The van der Waals surface area contributed by atoms with Gasteiger partial charge in [0.2, 0.25) is 5.43 Å². The normalized spacial score (nSPS) is 12.8. The summed E-state index contributed by atoms with van der Waals surface area (Å²) in [5, 5.41) is 8.89. The van der Waals surface area contributed by atoms with Gasteiger partial charge in [0.1, 0.15) is 5.56 Å². The molecule has 0 unspecified atom stereocenters. The fourth-order valence-electron chi connectivity index (χ4n) is 2.15. The molecule has 0 spiro atoms. The Labute approximate surface area is 123 Å². The second-order valence-electron chi connectivity index (χ2n) is 4.60. The number of fused-ring (bicyclic) bond motifs is 1. The van der Waals surface area contributed by atoms with E-state index in [-0.39, 0.29) is 34.8 Å². The SMILES string of the molecule is F.F.O=C(O)c1cn(C2CC2)c2cc(F)c(F)cc2c1=O.[B]. The zero-order valence-electron chi connectivity index (χ0n) is 11.1. The summed E-state index contributed by atoms with van der Waals surface area (Å²) in [7, 11) is 0. The highest BCUT2D eigenvalue weighted by atomic mass is 19.2. The van der Waals surface area contributed by atoms with E-state index in [2.05, 4.69) is 0 Å². The summed E-state index contributed by atoms with van der Waals surface area (Å²) in [4.78, 5) is 23.0. The van der Waals surface area contributed by atoms with Crippen LogP contribution < -0.4 is 5.43 Å². The monoisotopic (exact) mass is 316 g/mol. The molecule has 1 heterocycles. The molecule has 3 radical (unpaired) electrons. The second kappa shape index (κ2) is 6.63. The van der Waals surface area contributed by atoms with Gasteiger partial charge in [-0.2, -0.15) is 0 Å². The first-order valence-corrected chi connectivity index (χ1v) is 5.76. The van der Waals surface area contributed by atoms with E-state index in [1.54, 1.807) is 4.57 Å². The highest BCUT2D eigenvalue weighted by Gasteiger charge is 2.27. The number of benzene rings is 1. The van der Waals surface area contributed by atoms with Crippen molar-refractivity contribution >= 4 is 25.3 Å². The van der Waals surface area contributed by atoms with Crippen LogP contribution in [0.15, 0.2) is 23.1 Å². The molecule has 22 heavy (non-hydrogen) atoms. The lowest BCUT2D eigenvalue weighted by Crippen LogP contribution is -2.19. The lowest BCUT2D eigenvalue weighted by molar-refractivity contribution is 0.0695. The first-order valence-electron chi connectivity index (χ1n) is 5.76. The van der Waals surface area contributed by atoms with Gasteiger partial charge in [-0.05, 0) is 18.9 Å². The maximum absolute atomic E-state index is 13.3. The number of hydrogen-bond acceptors (Lipinski definition) is 2. The Morgan fingerprint density at radius 1 is 1.18 bits per heavy atom. The molecule has 0 atom stereocenters. The van der Waals surface area contributed by atoms with E-state index in [0.29, 0.717) is 0 Å². The Hall–Kier alpha value is -2.32. The Morgan fingerprint density at radius 3 is 2.23 bits per heavy atom. The third-order valence-electron chi connectivity index (χ3n) is 3.24. The van der Waals surface area contributed by atoms with E-state index in [9.17, 15) is 18.4 Å². The molecule has 1 aliphatic carbocycles. The first kappa shape index (κ1) is 19.7.